The number of aromatic nitrogens is 5. The minimum Gasteiger partial charge on any atom is -0.618 e. The summed E-state index contributed by atoms with van der Waals surface area (Å²) in [6.07, 6.45) is 2.83. The average molecular weight is 998 g/mol. The lowest BCUT2D eigenvalue weighted by Crippen LogP contribution is -2.40. The van der Waals surface area contributed by atoms with Gasteiger partial charge in [-0.25, -0.2) is 34.3 Å². The molecular weight excluding hydrogens is 925 g/mol. The third-order valence-corrected chi connectivity index (χ3v) is 14.3. The Kier molecular flexibility index (Phi) is 33.4. The van der Waals surface area contributed by atoms with Gasteiger partial charge in [0.2, 0.25) is 0 Å². The largest absolute Gasteiger partial charge is 0.618 e. The number of nitrogens with zero attached hydrogens (tertiary/aromatic N) is 5. The molecule has 0 bridgehead atoms. The van der Waals surface area contributed by atoms with Crippen molar-refractivity contribution >= 4 is 61.0 Å². The van der Waals surface area contributed by atoms with Gasteiger partial charge < -0.3 is 29.0 Å². The van der Waals surface area contributed by atoms with Crippen LogP contribution in [0.15, 0.2) is 73.1 Å². The number of halogens is 3. The van der Waals surface area contributed by atoms with Gasteiger partial charge in [-0.05, 0) is 105 Å². The molecule has 1 N–H and O–H groups in total. The first kappa shape index (κ1) is 67.6. The summed E-state index contributed by atoms with van der Waals surface area (Å²) in [5.41, 5.74) is 6.58. The van der Waals surface area contributed by atoms with Crippen LogP contribution in [0.25, 0.3) is 0 Å². The molecule has 0 atom stereocenters. The first-order chi connectivity index (χ1) is 28.9. The van der Waals surface area contributed by atoms with E-state index in [1.165, 1.54) is 27.5 Å². The average Bonchev–Trinajstić information content (AvgIpc) is 3.23. The Labute approximate surface area is 409 Å². The molecule has 0 saturated heterocycles. The number of aryl methyl sites for hydroxylation is 5. The summed E-state index contributed by atoms with van der Waals surface area (Å²) in [5.74, 6) is -1.46. The molecule has 0 saturated carbocycles. The fraction of sp³-hybridized carbons (Fsp3) is 0.417. The molecule has 0 amide bonds. The molecule has 14 nitrogen and oxygen atoms in total. The van der Waals surface area contributed by atoms with Crippen molar-refractivity contribution in [2.24, 2.45) is 0 Å². The molecular formula is C48H72Cl3N5O9Si. The highest BCUT2D eigenvalue weighted by molar-refractivity contribution is 6.74. The molecule has 368 valence electrons. The second-order valence-electron chi connectivity index (χ2n) is 14.8. The van der Waals surface area contributed by atoms with Gasteiger partial charge in [-0.2, -0.15) is 4.73 Å². The molecule has 0 aromatic carbocycles. The Hall–Kier alpha value is -5.03. The van der Waals surface area contributed by atoms with Crippen molar-refractivity contribution in [3.8, 4) is 0 Å². The highest BCUT2D eigenvalue weighted by Crippen LogP contribution is 2.37. The molecule has 0 fully saturated rings. The minimum atomic E-state index is -1.71. The van der Waals surface area contributed by atoms with Crippen LogP contribution in [0.2, 0.25) is 33.6 Å². The zero-order chi connectivity index (χ0) is 47.4. The van der Waals surface area contributed by atoms with E-state index in [1.807, 2.05) is 45.0 Å². The van der Waals surface area contributed by atoms with Gasteiger partial charge in [0, 0.05) is 17.8 Å². The standard InChI is InChI=1S/C13H22ClNOSi.C8H8ClNO2.C8H9NO3.C8H9NO2.C7H8ClNO.4CH4/c1-10-7-8-12(14)15-11(10)9-16-17(5,6)13(2,3)4;1-5-3-4-6(9)10-7(5)8(11)12-2;1-6-4-3-5-9(11)7(6)8(10)12-2;1-6-4-3-5-9-7(6)8(10)11-2;1-5-2-3-7(8)9-6(5)4-10;;;;/h7-8H,9H2,1-6H3;3-4H,1-2H3;3-5H,1-2H3;3-5H,1-2H3;2-3,10H,4H2,1H3;4*1H4. The number of esters is 3. The number of aliphatic hydroxyl groups is 1. The number of carbonyl (C=O) groups is 3. The molecule has 0 aliphatic rings. The van der Waals surface area contributed by atoms with Crippen molar-refractivity contribution in [3.05, 3.63) is 150 Å². The van der Waals surface area contributed by atoms with E-state index in [1.54, 1.807) is 56.4 Å². The predicted molar refractivity (Wildman–Crippen MR) is 270 cm³/mol. The van der Waals surface area contributed by atoms with E-state index in [2.05, 4.69) is 68.0 Å². The number of ether oxygens (including phenoxy) is 3. The molecule has 0 aliphatic carbocycles. The second kappa shape index (κ2) is 32.6. The molecule has 0 unspecified atom stereocenters. The predicted octanol–water partition coefficient (Wildman–Crippen LogP) is 12.1. The summed E-state index contributed by atoms with van der Waals surface area (Å²) in [4.78, 5) is 48.9. The maximum absolute atomic E-state index is 11.1. The van der Waals surface area contributed by atoms with E-state index < -0.39 is 20.3 Å². The highest BCUT2D eigenvalue weighted by atomic mass is 35.5. The summed E-state index contributed by atoms with van der Waals surface area (Å²) >= 11 is 17.1. The lowest BCUT2D eigenvalue weighted by Gasteiger charge is -2.36. The molecule has 18 heteroatoms. The molecule has 66 heavy (non-hydrogen) atoms. The summed E-state index contributed by atoms with van der Waals surface area (Å²) < 4.78 is 20.1. The van der Waals surface area contributed by atoms with Crippen LogP contribution in [0.3, 0.4) is 0 Å². The van der Waals surface area contributed by atoms with Crippen LogP contribution in [0.1, 0.15) is 121 Å². The lowest BCUT2D eigenvalue weighted by molar-refractivity contribution is -0.608. The highest BCUT2D eigenvalue weighted by Gasteiger charge is 2.37. The van der Waals surface area contributed by atoms with Gasteiger partial charge in [-0.1, -0.05) is 110 Å². The Morgan fingerprint density at radius 3 is 1.50 bits per heavy atom. The third-order valence-electron chi connectivity index (χ3n) is 9.23. The first-order valence-corrected chi connectivity index (χ1v) is 23.0. The fourth-order valence-electron chi connectivity index (χ4n) is 4.40. The van der Waals surface area contributed by atoms with Crippen molar-refractivity contribution in [1.82, 2.24) is 19.9 Å². The van der Waals surface area contributed by atoms with Crippen LogP contribution >= 0.6 is 34.8 Å². The zero-order valence-corrected chi connectivity index (χ0v) is 40.7. The lowest BCUT2D eigenvalue weighted by atomic mass is 10.2. The Morgan fingerprint density at radius 2 is 1.06 bits per heavy atom. The van der Waals surface area contributed by atoms with E-state index >= 15 is 0 Å². The molecule has 5 aromatic rings. The van der Waals surface area contributed by atoms with Crippen LogP contribution < -0.4 is 4.73 Å². The van der Waals surface area contributed by atoms with Gasteiger partial charge in [0.15, 0.2) is 25.9 Å². The number of carbonyl (C=O) groups excluding carboxylic acids is 3. The number of hydrogen-bond donors (Lipinski definition) is 1. The Bertz CT molecular complexity index is 2240. The number of rotatable bonds is 7. The summed E-state index contributed by atoms with van der Waals surface area (Å²) in [5, 5.41) is 21.2. The van der Waals surface area contributed by atoms with E-state index in [0.717, 1.165) is 27.9 Å². The Morgan fingerprint density at radius 1 is 0.636 bits per heavy atom. The summed E-state index contributed by atoms with van der Waals surface area (Å²) in [6, 6.07) is 17.5. The van der Waals surface area contributed by atoms with Gasteiger partial charge in [0.1, 0.15) is 15.5 Å². The minimum absolute atomic E-state index is 0. The number of hydrogen-bond acceptors (Lipinski definition) is 13. The van der Waals surface area contributed by atoms with Crippen molar-refractivity contribution in [2.75, 3.05) is 21.3 Å². The van der Waals surface area contributed by atoms with E-state index in [0.29, 0.717) is 43.7 Å². The van der Waals surface area contributed by atoms with E-state index in [9.17, 15) is 19.6 Å². The van der Waals surface area contributed by atoms with Crippen LogP contribution in [-0.4, -0.2) is 72.6 Å². The molecule has 0 radical (unpaired) electrons. The molecule has 5 rings (SSSR count). The first-order valence-electron chi connectivity index (χ1n) is 18.9. The van der Waals surface area contributed by atoms with Gasteiger partial charge in [0.25, 0.3) is 0 Å². The molecule has 0 spiro atoms. The van der Waals surface area contributed by atoms with Crippen LogP contribution in [-0.2, 0) is 31.9 Å². The smallest absolute Gasteiger partial charge is 0.405 e. The van der Waals surface area contributed by atoms with Crippen LogP contribution in [0.5, 0.6) is 0 Å². The Balaban J connectivity index is -0.000000363. The van der Waals surface area contributed by atoms with Gasteiger partial charge >= 0.3 is 23.6 Å². The normalized spacial score (nSPS) is 9.83. The third kappa shape index (κ3) is 22.4. The topological polar surface area (TPSA) is 187 Å². The van der Waals surface area contributed by atoms with Crippen LogP contribution in [0, 0.1) is 39.8 Å². The molecule has 5 aromatic heterocycles. The van der Waals surface area contributed by atoms with E-state index in [4.69, 9.17) is 44.3 Å². The maximum Gasteiger partial charge on any atom is 0.405 e. The monoisotopic (exact) mass is 995 g/mol. The van der Waals surface area contributed by atoms with Gasteiger partial charge in [0.05, 0.1) is 45.9 Å². The summed E-state index contributed by atoms with van der Waals surface area (Å²) in [6.45, 7) is 20.9. The van der Waals surface area contributed by atoms with E-state index in [-0.39, 0.29) is 58.7 Å². The molecule has 0 aliphatic heterocycles. The maximum atomic E-state index is 11.1. The number of methoxy groups -OCH3 is 3. The SMILES string of the molecule is C.C.C.C.COC(=O)c1c(C)ccc[n+]1[O-].COC(=O)c1nc(Cl)ccc1C.COC(=O)c1ncccc1C.Cc1ccc(Cl)nc1CO.Cc1ccc(Cl)nc1CO[Si](C)(C)C(C)(C)C. The number of pyridine rings is 5. The van der Waals surface area contributed by atoms with Crippen LogP contribution in [0.4, 0.5) is 0 Å². The second-order valence-corrected chi connectivity index (χ2v) is 20.8. The number of aliphatic hydroxyl groups excluding tert-OH is 1. The van der Waals surface area contributed by atoms with Gasteiger partial charge in [-0.3, -0.25) is 0 Å². The molecule has 5 heterocycles. The zero-order valence-electron chi connectivity index (χ0n) is 37.4. The summed E-state index contributed by atoms with van der Waals surface area (Å²) in [7, 11) is 2.19. The van der Waals surface area contributed by atoms with Crippen molar-refractivity contribution < 1.29 is 42.9 Å². The fourth-order valence-corrected chi connectivity index (χ4v) is 5.81. The quantitative estimate of drug-likeness (QED) is 0.0406. The van der Waals surface area contributed by atoms with Crippen molar-refractivity contribution in [2.45, 2.75) is 116 Å². The van der Waals surface area contributed by atoms with Crippen molar-refractivity contribution in [1.29, 1.82) is 0 Å². The van der Waals surface area contributed by atoms with Crippen molar-refractivity contribution in [3.63, 3.8) is 0 Å². The van der Waals surface area contributed by atoms with Gasteiger partial charge in [-0.15, -0.1) is 0 Å².